The smallest absolute Gasteiger partial charge is 0.270 e. The Morgan fingerprint density at radius 2 is 1.79 bits per heavy atom. The summed E-state index contributed by atoms with van der Waals surface area (Å²) in [5.41, 5.74) is 9.40. The second-order valence-electron chi connectivity index (χ2n) is 6.00. The number of ketones is 1. The van der Waals surface area contributed by atoms with Crippen LogP contribution in [-0.4, -0.2) is 41.2 Å². The number of Topliss-reactive ketones (excluding diaryl/α,β-unsaturated/α-hetero) is 1. The summed E-state index contributed by atoms with van der Waals surface area (Å²) in [6.07, 6.45) is 0.769. The lowest BCUT2D eigenvalue weighted by Crippen LogP contribution is -2.37. The van der Waals surface area contributed by atoms with Crippen molar-refractivity contribution in [1.29, 1.82) is 0 Å². The summed E-state index contributed by atoms with van der Waals surface area (Å²) in [7, 11) is 0. The third-order valence-corrected chi connectivity index (χ3v) is 4.20. The van der Waals surface area contributed by atoms with Gasteiger partial charge < -0.3 is 15.6 Å². The van der Waals surface area contributed by atoms with E-state index in [0.717, 1.165) is 12.1 Å². The van der Waals surface area contributed by atoms with Gasteiger partial charge in [0.15, 0.2) is 5.78 Å². The van der Waals surface area contributed by atoms with E-state index in [-0.39, 0.29) is 11.7 Å². The van der Waals surface area contributed by atoms with E-state index in [1.165, 1.54) is 12.5 Å². The molecule has 3 N–H and O–H groups in total. The number of aryl methyl sites for hydroxylation is 1. The standard InChI is InChI=1S/C19H25N3O2/c1-13-17(15(3)23)14(2)21-18(13)19(24)22(12-10-20)11-9-16-7-5-4-6-8-16/h4-8,21H,9-12,20H2,1-3H3. The van der Waals surface area contributed by atoms with Gasteiger partial charge >= 0.3 is 0 Å². The van der Waals surface area contributed by atoms with E-state index in [9.17, 15) is 9.59 Å². The molecule has 0 aliphatic carbocycles. The van der Waals surface area contributed by atoms with Gasteiger partial charge in [0.05, 0.1) is 0 Å². The Morgan fingerprint density at radius 3 is 2.33 bits per heavy atom. The van der Waals surface area contributed by atoms with E-state index in [2.05, 4.69) is 4.98 Å². The van der Waals surface area contributed by atoms with Gasteiger partial charge in [0.2, 0.25) is 0 Å². The van der Waals surface area contributed by atoms with Crippen molar-refractivity contribution < 1.29 is 9.59 Å². The van der Waals surface area contributed by atoms with Crippen LogP contribution in [0.1, 0.15) is 44.6 Å². The van der Waals surface area contributed by atoms with Crippen molar-refractivity contribution >= 4 is 11.7 Å². The van der Waals surface area contributed by atoms with Crippen LogP contribution in [-0.2, 0) is 6.42 Å². The number of rotatable bonds is 7. The minimum atomic E-state index is -0.107. The van der Waals surface area contributed by atoms with Crippen LogP contribution in [0.5, 0.6) is 0 Å². The van der Waals surface area contributed by atoms with Crippen molar-refractivity contribution in [1.82, 2.24) is 9.88 Å². The van der Waals surface area contributed by atoms with Gasteiger partial charge in [-0.15, -0.1) is 0 Å². The lowest BCUT2D eigenvalue weighted by atomic mass is 10.1. The maximum atomic E-state index is 12.9. The van der Waals surface area contributed by atoms with Gasteiger partial charge in [-0.1, -0.05) is 30.3 Å². The minimum Gasteiger partial charge on any atom is -0.354 e. The molecular weight excluding hydrogens is 302 g/mol. The zero-order valence-corrected chi connectivity index (χ0v) is 14.6. The summed E-state index contributed by atoms with van der Waals surface area (Å²) in [4.78, 5) is 29.5. The number of amides is 1. The first-order valence-electron chi connectivity index (χ1n) is 8.19. The van der Waals surface area contributed by atoms with Crippen LogP contribution in [0.15, 0.2) is 30.3 Å². The Balaban J connectivity index is 2.20. The van der Waals surface area contributed by atoms with Gasteiger partial charge in [0.25, 0.3) is 5.91 Å². The predicted molar refractivity (Wildman–Crippen MR) is 95.4 cm³/mol. The lowest BCUT2D eigenvalue weighted by molar-refractivity contribution is 0.0756. The first-order valence-corrected chi connectivity index (χ1v) is 8.19. The molecule has 0 spiro atoms. The predicted octanol–water partition coefficient (Wildman–Crippen LogP) is 2.48. The number of nitrogens with one attached hydrogen (secondary N) is 1. The summed E-state index contributed by atoms with van der Waals surface area (Å²) in [5.74, 6) is -0.139. The monoisotopic (exact) mass is 327 g/mol. The fourth-order valence-corrected chi connectivity index (χ4v) is 3.03. The highest BCUT2D eigenvalue weighted by Crippen LogP contribution is 2.20. The normalized spacial score (nSPS) is 10.7. The summed E-state index contributed by atoms with van der Waals surface area (Å²) < 4.78 is 0. The quantitative estimate of drug-likeness (QED) is 0.767. The number of aromatic amines is 1. The van der Waals surface area contributed by atoms with Crippen LogP contribution in [0.25, 0.3) is 0 Å². The van der Waals surface area contributed by atoms with Crippen LogP contribution >= 0.6 is 0 Å². The summed E-state index contributed by atoms with van der Waals surface area (Å²) in [6.45, 7) is 6.62. The van der Waals surface area contributed by atoms with Gasteiger partial charge in [-0.2, -0.15) is 0 Å². The molecule has 0 saturated heterocycles. The maximum Gasteiger partial charge on any atom is 0.270 e. The van der Waals surface area contributed by atoms with Crippen molar-refractivity contribution in [3.63, 3.8) is 0 Å². The highest BCUT2D eigenvalue weighted by atomic mass is 16.2. The molecule has 24 heavy (non-hydrogen) atoms. The van der Waals surface area contributed by atoms with Crippen molar-refractivity contribution in [2.24, 2.45) is 5.73 Å². The Labute approximate surface area is 142 Å². The second kappa shape index (κ2) is 7.93. The molecule has 5 nitrogen and oxygen atoms in total. The number of hydrogen-bond acceptors (Lipinski definition) is 3. The molecule has 128 valence electrons. The molecule has 0 bridgehead atoms. The zero-order valence-electron chi connectivity index (χ0n) is 14.6. The maximum absolute atomic E-state index is 12.9. The molecule has 1 aromatic carbocycles. The number of aromatic nitrogens is 1. The lowest BCUT2D eigenvalue weighted by Gasteiger charge is -2.22. The van der Waals surface area contributed by atoms with Crippen LogP contribution in [0.4, 0.5) is 0 Å². The average Bonchev–Trinajstić information content (AvgIpc) is 2.86. The number of H-pyrrole nitrogens is 1. The highest BCUT2D eigenvalue weighted by Gasteiger charge is 2.23. The fraction of sp³-hybridized carbons (Fsp3) is 0.368. The Hall–Kier alpha value is -2.40. The second-order valence-corrected chi connectivity index (χ2v) is 6.00. The Bertz CT molecular complexity index is 720. The number of nitrogens with two attached hydrogens (primary N) is 1. The summed E-state index contributed by atoms with van der Waals surface area (Å²) in [6, 6.07) is 10.0. The van der Waals surface area contributed by atoms with Crippen LogP contribution in [0.3, 0.4) is 0 Å². The molecule has 0 saturated carbocycles. The molecule has 0 aliphatic rings. The number of benzene rings is 1. The summed E-state index contributed by atoms with van der Waals surface area (Å²) in [5, 5.41) is 0. The SMILES string of the molecule is CC(=O)c1c(C)[nH]c(C(=O)N(CCN)CCc2ccccc2)c1C. The van der Waals surface area contributed by atoms with Gasteiger partial charge in [0, 0.05) is 30.9 Å². The molecule has 2 rings (SSSR count). The third kappa shape index (κ3) is 3.92. The molecular formula is C19H25N3O2. The number of carbonyl (C=O) groups is 2. The minimum absolute atomic E-state index is 0.0324. The first-order chi connectivity index (χ1) is 11.5. The van der Waals surface area contributed by atoms with Gasteiger partial charge in [-0.05, 0) is 38.3 Å². The molecule has 0 aliphatic heterocycles. The molecule has 0 radical (unpaired) electrons. The molecule has 5 heteroatoms. The first kappa shape index (κ1) is 17.9. The molecule has 1 heterocycles. The molecule has 0 fully saturated rings. The van der Waals surface area contributed by atoms with E-state index in [4.69, 9.17) is 5.73 Å². The van der Waals surface area contributed by atoms with E-state index in [0.29, 0.717) is 36.5 Å². The van der Waals surface area contributed by atoms with Gasteiger partial charge in [0.1, 0.15) is 5.69 Å². The molecule has 2 aromatic rings. The summed E-state index contributed by atoms with van der Waals surface area (Å²) >= 11 is 0. The van der Waals surface area contributed by atoms with Crippen molar-refractivity contribution in [2.75, 3.05) is 19.6 Å². The molecule has 1 amide bonds. The van der Waals surface area contributed by atoms with Crippen LogP contribution in [0, 0.1) is 13.8 Å². The Morgan fingerprint density at radius 1 is 1.12 bits per heavy atom. The Kier molecular flexibility index (Phi) is 5.93. The zero-order chi connectivity index (χ0) is 17.7. The van der Waals surface area contributed by atoms with E-state index < -0.39 is 0 Å². The number of hydrogen-bond donors (Lipinski definition) is 2. The fourth-order valence-electron chi connectivity index (χ4n) is 3.03. The number of nitrogens with zero attached hydrogens (tertiary/aromatic N) is 1. The third-order valence-electron chi connectivity index (χ3n) is 4.20. The van der Waals surface area contributed by atoms with Crippen molar-refractivity contribution in [3.05, 3.63) is 58.4 Å². The van der Waals surface area contributed by atoms with Crippen molar-refractivity contribution in [2.45, 2.75) is 27.2 Å². The average molecular weight is 327 g/mol. The van der Waals surface area contributed by atoms with E-state index >= 15 is 0 Å². The largest absolute Gasteiger partial charge is 0.354 e. The number of carbonyl (C=O) groups excluding carboxylic acids is 2. The molecule has 0 atom stereocenters. The van der Waals surface area contributed by atoms with Crippen LogP contribution < -0.4 is 5.73 Å². The van der Waals surface area contributed by atoms with E-state index in [1.807, 2.05) is 44.2 Å². The molecule has 0 unspecified atom stereocenters. The van der Waals surface area contributed by atoms with Gasteiger partial charge in [-0.3, -0.25) is 9.59 Å². The topological polar surface area (TPSA) is 79.2 Å². The van der Waals surface area contributed by atoms with Gasteiger partial charge in [-0.25, -0.2) is 0 Å². The van der Waals surface area contributed by atoms with Crippen molar-refractivity contribution in [3.8, 4) is 0 Å². The molecule has 1 aromatic heterocycles. The van der Waals surface area contributed by atoms with Crippen LogP contribution in [0.2, 0.25) is 0 Å². The van der Waals surface area contributed by atoms with E-state index in [1.54, 1.807) is 4.90 Å². The highest BCUT2D eigenvalue weighted by molar-refractivity contribution is 6.02.